The third-order valence-electron chi connectivity index (χ3n) is 7.68. The summed E-state index contributed by atoms with van der Waals surface area (Å²) in [4.78, 5) is 46.7. The van der Waals surface area contributed by atoms with Gasteiger partial charge in [0.1, 0.15) is 19.0 Å². The quantitative estimate of drug-likeness (QED) is 0.362. The van der Waals surface area contributed by atoms with Gasteiger partial charge < -0.3 is 29.1 Å². The first-order chi connectivity index (χ1) is 18.5. The van der Waals surface area contributed by atoms with Crippen LogP contribution in [-0.4, -0.2) is 91.7 Å². The van der Waals surface area contributed by atoms with Crippen LogP contribution in [0.15, 0.2) is 48.0 Å². The highest BCUT2D eigenvalue weighted by Crippen LogP contribution is 2.53. The Hall–Kier alpha value is -3.89. The summed E-state index contributed by atoms with van der Waals surface area (Å²) in [5, 5.41) is 11.7. The van der Waals surface area contributed by atoms with Gasteiger partial charge in [-0.05, 0) is 31.2 Å². The Morgan fingerprint density at radius 2 is 1.68 bits per heavy atom. The SMILES string of the molecule is CCN1C(=O)[C@]2(/C(=C(\O)c3ccc4c(c3)OCCO4)C(=O)C(=O)N2CCN2CCOCC2)c2ccccc21. The third-order valence-corrected chi connectivity index (χ3v) is 7.68. The highest BCUT2D eigenvalue weighted by atomic mass is 16.6. The van der Waals surface area contributed by atoms with Crippen LogP contribution in [0.5, 0.6) is 11.5 Å². The van der Waals surface area contributed by atoms with E-state index >= 15 is 0 Å². The summed E-state index contributed by atoms with van der Waals surface area (Å²) in [5.74, 6) is -1.60. The van der Waals surface area contributed by atoms with Crippen molar-refractivity contribution >= 4 is 29.0 Å². The second-order valence-corrected chi connectivity index (χ2v) is 9.60. The molecule has 0 saturated carbocycles. The Morgan fingerprint density at radius 1 is 0.947 bits per heavy atom. The molecule has 2 amide bonds. The Labute approximate surface area is 220 Å². The van der Waals surface area contributed by atoms with Gasteiger partial charge in [-0.3, -0.25) is 19.3 Å². The van der Waals surface area contributed by atoms with Gasteiger partial charge in [-0.15, -0.1) is 0 Å². The summed E-state index contributed by atoms with van der Waals surface area (Å²) in [5.41, 5.74) is -0.613. The van der Waals surface area contributed by atoms with Gasteiger partial charge in [0.25, 0.3) is 17.6 Å². The molecule has 2 fully saturated rings. The van der Waals surface area contributed by atoms with Gasteiger partial charge in [0.05, 0.1) is 24.5 Å². The zero-order valence-electron chi connectivity index (χ0n) is 21.1. The number of morpholine rings is 1. The average Bonchev–Trinajstić information content (AvgIpc) is 3.34. The van der Waals surface area contributed by atoms with Crippen molar-refractivity contribution in [3.63, 3.8) is 0 Å². The lowest BCUT2D eigenvalue weighted by Crippen LogP contribution is -2.54. The van der Waals surface area contributed by atoms with Crippen LogP contribution >= 0.6 is 0 Å². The molecule has 0 aromatic heterocycles. The minimum absolute atomic E-state index is 0.139. The van der Waals surface area contributed by atoms with E-state index in [4.69, 9.17) is 14.2 Å². The van der Waals surface area contributed by atoms with Crippen LogP contribution in [0.2, 0.25) is 0 Å². The van der Waals surface area contributed by atoms with Crippen LogP contribution in [0, 0.1) is 0 Å². The van der Waals surface area contributed by atoms with Gasteiger partial charge in [0.2, 0.25) is 0 Å². The third kappa shape index (κ3) is 3.51. The number of para-hydroxylation sites is 1. The number of Topliss-reactive ketones (excluding diaryl/α,β-unsaturated/α-hetero) is 1. The van der Waals surface area contributed by atoms with Crippen LogP contribution in [0.25, 0.3) is 5.76 Å². The first kappa shape index (κ1) is 24.4. The summed E-state index contributed by atoms with van der Waals surface area (Å²) in [6.45, 7) is 6.10. The molecule has 198 valence electrons. The van der Waals surface area contributed by atoms with Gasteiger partial charge in [0.15, 0.2) is 17.0 Å². The van der Waals surface area contributed by atoms with E-state index in [2.05, 4.69) is 4.90 Å². The van der Waals surface area contributed by atoms with Crippen molar-refractivity contribution in [3.05, 3.63) is 59.2 Å². The predicted molar refractivity (Wildman–Crippen MR) is 137 cm³/mol. The fourth-order valence-corrected chi connectivity index (χ4v) is 5.88. The van der Waals surface area contributed by atoms with Crippen LogP contribution < -0.4 is 14.4 Å². The van der Waals surface area contributed by atoms with Crippen LogP contribution in [0.1, 0.15) is 18.1 Å². The Morgan fingerprint density at radius 3 is 2.45 bits per heavy atom. The maximum Gasteiger partial charge on any atom is 0.296 e. The molecular formula is C28H29N3O7. The first-order valence-corrected chi connectivity index (χ1v) is 12.9. The fraction of sp³-hybridized carbons (Fsp3) is 0.393. The molecule has 0 bridgehead atoms. The van der Waals surface area contributed by atoms with Crippen LogP contribution in [0.4, 0.5) is 5.69 Å². The Balaban J connectivity index is 1.53. The van der Waals surface area contributed by atoms with E-state index < -0.39 is 28.9 Å². The molecule has 4 aliphatic rings. The molecule has 1 N–H and O–H groups in total. The Bertz CT molecular complexity index is 1350. The summed E-state index contributed by atoms with van der Waals surface area (Å²) < 4.78 is 16.7. The summed E-state index contributed by atoms with van der Waals surface area (Å²) in [7, 11) is 0. The number of rotatable bonds is 5. The number of carbonyl (C=O) groups is 3. The molecule has 2 saturated heterocycles. The zero-order chi connectivity index (χ0) is 26.4. The van der Waals surface area contributed by atoms with Crippen LogP contribution in [-0.2, 0) is 24.7 Å². The number of likely N-dealkylation sites (tertiary alicyclic amines) is 1. The maximum atomic E-state index is 14.3. The Kier molecular flexibility index (Phi) is 6.08. The molecule has 0 radical (unpaired) electrons. The number of aliphatic hydroxyl groups excluding tert-OH is 1. The molecule has 2 aromatic carbocycles. The number of amides is 2. The molecule has 6 rings (SSSR count). The summed E-state index contributed by atoms with van der Waals surface area (Å²) in [6, 6.07) is 12.0. The van der Waals surface area contributed by atoms with E-state index in [0.29, 0.717) is 75.4 Å². The van der Waals surface area contributed by atoms with Gasteiger partial charge in [-0.1, -0.05) is 18.2 Å². The molecule has 2 aromatic rings. The lowest BCUT2D eigenvalue weighted by Gasteiger charge is -2.36. The van der Waals surface area contributed by atoms with E-state index in [1.807, 2.05) is 13.0 Å². The number of ketones is 1. The molecule has 1 spiro atoms. The van der Waals surface area contributed by atoms with Gasteiger partial charge in [-0.2, -0.15) is 0 Å². The fourth-order valence-electron chi connectivity index (χ4n) is 5.88. The zero-order valence-corrected chi connectivity index (χ0v) is 21.1. The van der Waals surface area contributed by atoms with Crippen molar-refractivity contribution in [3.8, 4) is 11.5 Å². The van der Waals surface area contributed by atoms with Crippen molar-refractivity contribution in [2.45, 2.75) is 12.5 Å². The molecule has 0 unspecified atom stereocenters. The molecule has 1 atom stereocenters. The summed E-state index contributed by atoms with van der Waals surface area (Å²) in [6.07, 6.45) is 0. The second kappa shape index (κ2) is 9.45. The van der Waals surface area contributed by atoms with Gasteiger partial charge in [-0.25, -0.2) is 0 Å². The number of aliphatic hydroxyl groups is 1. The molecule has 38 heavy (non-hydrogen) atoms. The monoisotopic (exact) mass is 519 g/mol. The van der Waals surface area contributed by atoms with Gasteiger partial charge >= 0.3 is 0 Å². The lowest BCUT2D eigenvalue weighted by molar-refractivity contribution is -0.144. The molecule has 10 heteroatoms. The molecule has 4 heterocycles. The number of likely N-dealkylation sites (N-methyl/N-ethyl adjacent to an activating group) is 1. The number of anilines is 1. The summed E-state index contributed by atoms with van der Waals surface area (Å²) >= 11 is 0. The number of carbonyl (C=O) groups excluding carboxylic acids is 3. The average molecular weight is 520 g/mol. The highest BCUT2D eigenvalue weighted by molar-refractivity contribution is 6.50. The van der Waals surface area contributed by atoms with Crippen molar-refractivity contribution in [2.24, 2.45) is 0 Å². The molecule has 0 aliphatic carbocycles. The van der Waals surface area contributed by atoms with E-state index in [-0.39, 0.29) is 17.7 Å². The number of hydrogen-bond acceptors (Lipinski definition) is 8. The van der Waals surface area contributed by atoms with Gasteiger partial charge in [0, 0.05) is 43.9 Å². The van der Waals surface area contributed by atoms with Crippen LogP contribution in [0.3, 0.4) is 0 Å². The highest BCUT2D eigenvalue weighted by Gasteiger charge is 2.66. The van der Waals surface area contributed by atoms with Crippen molar-refractivity contribution in [1.82, 2.24) is 9.80 Å². The van der Waals surface area contributed by atoms with E-state index in [9.17, 15) is 19.5 Å². The number of ether oxygens (including phenoxy) is 3. The minimum atomic E-state index is -1.77. The maximum absolute atomic E-state index is 14.3. The number of benzene rings is 2. The number of fused-ring (bicyclic) bond motifs is 3. The molecule has 10 nitrogen and oxygen atoms in total. The number of nitrogens with zero attached hydrogens (tertiary/aromatic N) is 3. The van der Waals surface area contributed by atoms with Crippen molar-refractivity contribution < 1.29 is 33.7 Å². The lowest BCUT2D eigenvalue weighted by atomic mass is 9.82. The number of hydrogen-bond donors (Lipinski definition) is 1. The molecular weight excluding hydrogens is 490 g/mol. The molecule has 4 aliphatic heterocycles. The normalized spacial score (nSPS) is 24.4. The topological polar surface area (TPSA) is 109 Å². The standard InChI is InChI=1S/C28H29N3O7/c1-2-30-20-6-4-3-5-19(20)28(27(30)35)23(24(32)18-7-8-21-22(17-18)38-16-15-37-21)25(33)26(34)31(28)10-9-29-11-13-36-14-12-29/h3-8,17,32H,2,9-16H2,1H3/b24-23-/t28-/m1/s1. The van der Waals surface area contributed by atoms with E-state index in [1.54, 1.807) is 41.3 Å². The minimum Gasteiger partial charge on any atom is -0.507 e. The smallest absolute Gasteiger partial charge is 0.296 e. The van der Waals surface area contributed by atoms with E-state index in [0.717, 1.165) is 0 Å². The van der Waals surface area contributed by atoms with E-state index in [1.165, 1.54) is 4.90 Å². The van der Waals surface area contributed by atoms with Crippen molar-refractivity contribution in [1.29, 1.82) is 0 Å². The first-order valence-electron chi connectivity index (χ1n) is 12.9. The predicted octanol–water partition coefficient (Wildman–Crippen LogP) is 1.73. The largest absolute Gasteiger partial charge is 0.507 e. The van der Waals surface area contributed by atoms with Crippen molar-refractivity contribution in [2.75, 3.05) is 64.1 Å². The second-order valence-electron chi connectivity index (χ2n) is 9.60.